The molecule has 1 saturated heterocycles. The summed E-state index contributed by atoms with van der Waals surface area (Å²) in [6, 6.07) is 10.3. The predicted octanol–water partition coefficient (Wildman–Crippen LogP) is 3.89. The third kappa shape index (κ3) is 4.52. The highest BCUT2D eigenvalue weighted by Crippen LogP contribution is 2.17. The highest BCUT2D eigenvalue weighted by molar-refractivity contribution is 5.69. The molecule has 0 aliphatic carbocycles. The monoisotopic (exact) mass is 246 g/mol. The Morgan fingerprint density at radius 1 is 1.00 bits per heavy atom. The van der Waals surface area contributed by atoms with Crippen LogP contribution in [0.2, 0.25) is 0 Å². The van der Waals surface area contributed by atoms with Crippen LogP contribution in [0.3, 0.4) is 0 Å². The first-order chi connectivity index (χ1) is 8.84. The topological polar surface area (TPSA) is 26.3 Å². The summed E-state index contributed by atoms with van der Waals surface area (Å²) in [5.74, 6) is -0.0159. The molecule has 2 heteroatoms. The van der Waals surface area contributed by atoms with E-state index in [1.165, 1.54) is 31.2 Å². The normalized spacial score (nSPS) is 22.2. The number of ether oxygens (including phenoxy) is 1. The van der Waals surface area contributed by atoms with E-state index in [0.29, 0.717) is 6.42 Å². The molecule has 1 aromatic carbocycles. The molecule has 2 rings (SSSR count). The van der Waals surface area contributed by atoms with Crippen molar-refractivity contribution in [2.75, 3.05) is 0 Å². The smallest absolute Gasteiger partial charge is 0.306 e. The quantitative estimate of drug-likeness (QED) is 0.740. The predicted molar refractivity (Wildman–Crippen MR) is 72.3 cm³/mol. The van der Waals surface area contributed by atoms with E-state index in [1.54, 1.807) is 0 Å². The maximum atomic E-state index is 11.7. The molecule has 0 N–H and O–H groups in total. The molecule has 18 heavy (non-hydrogen) atoms. The molecule has 2 nitrogen and oxygen atoms in total. The Morgan fingerprint density at radius 3 is 2.56 bits per heavy atom. The van der Waals surface area contributed by atoms with Gasteiger partial charge in [-0.2, -0.15) is 0 Å². The van der Waals surface area contributed by atoms with Gasteiger partial charge in [-0.15, -0.1) is 0 Å². The average molecular weight is 246 g/mol. The Kier molecular flexibility index (Phi) is 5.25. The number of hydrogen-bond acceptors (Lipinski definition) is 2. The van der Waals surface area contributed by atoms with Gasteiger partial charge in [-0.25, -0.2) is 0 Å². The summed E-state index contributed by atoms with van der Waals surface area (Å²) in [5, 5.41) is 0. The van der Waals surface area contributed by atoms with Crippen LogP contribution in [0, 0.1) is 0 Å². The van der Waals surface area contributed by atoms with Gasteiger partial charge in [0.25, 0.3) is 0 Å². The van der Waals surface area contributed by atoms with Crippen LogP contribution in [0.15, 0.2) is 30.3 Å². The van der Waals surface area contributed by atoms with Crippen molar-refractivity contribution in [1.29, 1.82) is 0 Å². The molecule has 1 aromatic rings. The Balaban J connectivity index is 1.92. The molecule has 0 bridgehead atoms. The van der Waals surface area contributed by atoms with Gasteiger partial charge in [0, 0.05) is 12.8 Å². The van der Waals surface area contributed by atoms with E-state index in [4.69, 9.17) is 4.74 Å². The second kappa shape index (κ2) is 7.20. The molecular weight excluding hydrogens is 224 g/mol. The molecule has 1 atom stereocenters. The second-order valence-electron chi connectivity index (χ2n) is 5.11. The van der Waals surface area contributed by atoms with Gasteiger partial charge in [0.05, 0.1) is 0 Å². The van der Waals surface area contributed by atoms with Gasteiger partial charge in [0.1, 0.15) is 6.10 Å². The van der Waals surface area contributed by atoms with Gasteiger partial charge >= 0.3 is 5.97 Å². The van der Waals surface area contributed by atoms with E-state index in [0.717, 1.165) is 19.3 Å². The van der Waals surface area contributed by atoms with Gasteiger partial charge in [0.15, 0.2) is 0 Å². The van der Waals surface area contributed by atoms with Gasteiger partial charge in [-0.05, 0) is 24.8 Å². The standard InChI is InChI=1S/C16H22O2/c17-16-12-8-3-1-2-7-11-15(18-16)13-14-9-5-4-6-10-14/h4-6,9-10,15H,1-3,7-8,11-13H2. The third-order valence-corrected chi connectivity index (χ3v) is 3.51. The van der Waals surface area contributed by atoms with Crippen molar-refractivity contribution in [2.24, 2.45) is 0 Å². The number of esters is 1. The maximum absolute atomic E-state index is 11.7. The number of hydrogen-bond donors (Lipinski definition) is 0. The van der Waals surface area contributed by atoms with E-state index < -0.39 is 0 Å². The van der Waals surface area contributed by atoms with Crippen molar-refractivity contribution in [3.05, 3.63) is 35.9 Å². The van der Waals surface area contributed by atoms with Crippen LogP contribution < -0.4 is 0 Å². The summed E-state index contributed by atoms with van der Waals surface area (Å²) in [4.78, 5) is 11.7. The molecule has 1 unspecified atom stereocenters. The van der Waals surface area contributed by atoms with Crippen LogP contribution in [0.5, 0.6) is 0 Å². The van der Waals surface area contributed by atoms with Crippen molar-refractivity contribution in [3.63, 3.8) is 0 Å². The zero-order chi connectivity index (χ0) is 12.6. The minimum absolute atomic E-state index is 0.0159. The molecule has 1 aliphatic rings. The first kappa shape index (κ1) is 13.1. The number of cyclic esters (lactones) is 1. The van der Waals surface area contributed by atoms with E-state index in [-0.39, 0.29) is 12.1 Å². The number of rotatable bonds is 2. The van der Waals surface area contributed by atoms with Crippen molar-refractivity contribution in [3.8, 4) is 0 Å². The van der Waals surface area contributed by atoms with Crippen molar-refractivity contribution in [2.45, 2.75) is 57.5 Å². The molecule has 0 radical (unpaired) electrons. The van der Waals surface area contributed by atoms with Crippen LogP contribution in [-0.2, 0) is 16.0 Å². The molecule has 0 aromatic heterocycles. The third-order valence-electron chi connectivity index (χ3n) is 3.51. The zero-order valence-electron chi connectivity index (χ0n) is 10.9. The summed E-state index contributed by atoms with van der Waals surface area (Å²) in [7, 11) is 0. The second-order valence-corrected chi connectivity index (χ2v) is 5.11. The number of benzene rings is 1. The van der Waals surface area contributed by atoms with Crippen LogP contribution in [0.1, 0.15) is 50.5 Å². The maximum Gasteiger partial charge on any atom is 0.306 e. The summed E-state index contributed by atoms with van der Waals surface area (Å²) in [6.45, 7) is 0. The van der Waals surface area contributed by atoms with E-state index in [9.17, 15) is 4.79 Å². The largest absolute Gasteiger partial charge is 0.462 e. The molecule has 98 valence electrons. The van der Waals surface area contributed by atoms with Gasteiger partial charge < -0.3 is 4.74 Å². The minimum atomic E-state index is -0.0159. The van der Waals surface area contributed by atoms with Crippen LogP contribution in [0.25, 0.3) is 0 Å². The minimum Gasteiger partial charge on any atom is -0.462 e. The van der Waals surface area contributed by atoms with Crippen molar-refractivity contribution >= 4 is 5.97 Å². The lowest BCUT2D eigenvalue weighted by Crippen LogP contribution is -2.21. The lowest BCUT2D eigenvalue weighted by atomic mass is 10.0. The number of carbonyl (C=O) groups is 1. The van der Waals surface area contributed by atoms with Crippen LogP contribution in [0.4, 0.5) is 0 Å². The van der Waals surface area contributed by atoms with Crippen molar-refractivity contribution < 1.29 is 9.53 Å². The lowest BCUT2D eigenvalue weighted by Gasteiger charge is -2.19. The SMILES string of the molecule is O=C1CCCCCCCC(Cc2ccccc2)O1. The highest BCUT2D eigenvalue weighted by atomic mass is 16.5. The van der Waals surface area contributed by atoms with Crippen molar-refractivity contribution in [1.82, 2.24) is 0 Å². The fraction of sp³-hybridized carbons (Fsp3) is 0.562. The molecular formula is C16H22O2. The van der Waals surface area contributed by atoms with Gasteiger partial charge in [0.2, 0.25) is 0 Å². The first-order valence-corrected chi connectivity index (χ1v) is 7.08. The van der Waals surface area contributed by atoms with Crippen LogP contribution >= 0.6 is 0 Å². The van der Waals surface area contributed by atoms with Gasteiger partial charge in [-0.1, -0.05) is 49.6 Å². The summed E-state index contributed by atoms with van der Waals surface area (Å²) >= 11 is 0. The molecule has 0 spiro atoms. The van der Waals surface area contributed by atoms with E-state index >= 15 is 0 Å². The van der Waals surface area contributed by atoms with Crippen LogP contribution in [-0.4, -0.2) is 12.1 Å². The van der Waals surface area contributed by atoms with E-state index in [2.05, 4.69) is 12.1 Å². The fourth-order valence-electron chi connectivity index (χ4n) is 2.50. The molecule has 1 heterocycles. The Hall–Kier alpha value is -1.31. The molecule has 0 amide bonds. The van der Waals surface area contributed by atoms with Gasteiger partial charge in [-0.3, -0.25) is 4.79 Å². The first-order valence-electron chi connectivity index (χ1n) is 7.08. The number of carbonyl (C=O) groups excluding carboxylic acids is 1. The summed E-state index contributed by atoms with van der Waals surface area (Å²) in [5.41, 5.74) is 1.26. The van der Waals surface area contributed by atoms with E-state index in [1.807, 2.05) is 18.2 Å². The average Bonchev–Trinajstić information content (AvgIpc) is 2.39. The lowest BCUT2D eigenvalue weighted by molar-refractivity contribution is -0.149. The molecule has 0 saturated carbocycles. The zero-order valence-corrected chi connectivity index (χ0v) is 10.9. The highest BCUT2D eigenvalue weighted by Gasteiger charge is 2.16. The Bertz CT molecular complexity index is 359. The molecule has 1 aliphatic heterocycles. The molecule has 1 fully saturated rings. The summed E-state index contributed by atoms with van der Waals surface area (Å²) in [6.07, 6.45) is 8.35. The summed E-state index contributed by atoms with van der Waals surface area (Å²) < 4.78 is 5.59. The fourth-order valence-corrected chi connectivity index (χ4v) is 2.50. The Morgan fingerprint density at radius 2 is 1.72 bits per heavy atom. The Labute approximate surface area is 109 Å².